The zero-order valence-electron chi connectivity index (χ0n) is 22.5. The van der Waals surface area contributed by atoms with Gasteiger partial charge >= 0.3 is 18.2 Å². The fourth-order valence-corrected chi connectivity index (χ4v) is 4.13. The summed E-state index contributed by atoms with van der Waals surface area (Å²) in [4.78, 5) is 51.3. The standard InChI is InChI=1S/C14H24N2O5.C10H17NO5/c1-14(2,3)21-13(19)16-9-10(17)8-11(16)12(18)15-4-6-20-7-5-15;1-10(2,3)16-9(15)11-5-6(12)4-7(11)8(13)14/h10-11,17H,4-9H2,1-3H3;6-7,12H,4-5H2,1-3H3,(H,13,14)/t10-,11+;6-,7+/m00/s1. The molecular formula is C24H41N3O10. The molecule has 3 N–H and O–H groups in total. The number of carboxylic acids is 1. The predicted octanol–water partition coefficient (Wildman–Crippen LogP) is 0.657. The molecule has 3 amide bonds. The van der Waals surface area contributed by atoms with Crippen molar-refractivity contribution in [1.82, 2.24) is 14.7 Å². The molecule has 0 aliphatic carbocycles. The molecule has 212 valence electrons. The molecule has 37 heavy (non-hydrogen) atoms. The Morgan fingerprint density at radius 1 is 0.757 bits per heavy atom. The maximum absolute atomic E-state index is 12.5. The summed E-state index contributed by atoms with van der Waals surface area (Å²) in [6.07, 6.45) is -2.42. The SMILES string of the molecule is CC(C)(C)OC(=O)N1C[C@@H](O)C[C@@H]1C(=O)N1CCOCC1.CC(C)(C)OC(=O)N1C[C@@H](O)C[C@@H]1C(=O)O. The first-order chi connectivity index (χ1) is 17.0. The number of likely N-dealkylation sites (tertiary alicyclic amines) is 2. The van der Waals surface area contributed by atoms with Crippen molar-refractivity contribution in [3.8, 4) is 0 Å². The lowest BCUT2D eigenvalue weighted by molar-refractivity contribution is -0.142. The van der Waals surface area contributed by atoms with E-state index in [2.05, 4.69) is 0 Å². The van der Waals surface area contributed by atoms with Crippen LogP contribution in [-0.2, 0) is 23.8 Å². The van der Waals surface area contributed by atoms with Crippen LogP contribution in [0.15, 0.2) is 0 Å². The van der Waals surface area contributed by atoms with Crippen LogP contribution in [0.3, 0.4) is 0 Å². The molecule has 0 spiro atoms. The van der Waals surface area contributed by atoms with Crippen LogP contribution in [0.1, 0.15) is 54.4 Å². The molecule has 0 aromatic rings. The third-order valence-electron chi connectivity index (χ3n) is 5.71. The number of morpholine rings is 1. The Labute approximate surface area is 217 Å². The Kier molecular flexibility index (Phi) is 10.1. The molecule has 3 rings (SSSR count). The van der Waals surface area contributed by atoms with E-state index in [-0.39, 0.29) is 31.8 Å². The highest BCUT2D eigenvalue weighted by Crippen LogP contribution is 2.24. The van der Waals surface area contributed by atoms with E-state index in [0.717, 1.165) is 4.90 Å². The van der Waals surface area contributed by atoms with Crippen molar-refractivity contribution < 1.29 is 48.7 Å². The van der Waals surface area contributed by atoms with Gasteiger partial charge in [0, 0.05) is 25.9 Å². The van der Waals surface area contributed by atoms with Gasteiger partial charge in [-0.1, -0.05) is 0 Å². The van der Waals surface area contributed by atoms with E-state index in [1.807, 2.05) is 0 Å². The molecule has 3 aliphatic heterocycles. The molecule has 13 nitrogen and oxygen atoms in total. The van der Waals surface area contributed by atoms with Gasteiger partial charge in [0.1, 0.15) is 23.3 Å². The van der Waals surface area contributed by atoms with E-state index in [4.69, 9.17) is 19.3 Å². The van der Waals surface area contributed by atoms with E-state index in [1.54, 1.807) is 46.4 Å². The molecule has 4 atom stereocenters. The number of carbonyl (C=O) groups is 4. The van der Waals surface area contributed by atoms with Gasteiger partial charge in [0.05, 0.1) is 38.5 Å². The van der Waals surface area contributed by atoms with Gasteiger partial charge in [-0.2, -0.15) is 0 Å². The fourth-order valence-electron chi connectivity index (χ4n) is 4.13. The number of hydrogen-bond donors (Lipinski definition) is 3. The Morgan fingerprint density at radius 2 is 1.16 bits per heavy atom. The first-order valence-electron chi connectivity index (χ1n) is 12.4. The van der Waals surface area contributed by atoms with Crippen molar-refractivity contribution in [3.05, 3.63) is 0 Å². The van der Waals surface area contributed by atoms with Crippen LogP contribution in [0, 0.1) is 0 Å². The molecular weight excluding hydrogens is 490 g/mol. The second-order valence-corrected chi connectivity index (χ2v) is 11.4. The molecule has 13 heteroatoms. The van der Waals surface area contributed by atoms with Crippen molar-refractivity contribution in [2.45, 2.75) is 89.9 Å². The second kappa shape index (κ2) is 12.3. The molecule has 3 heterocycles. The number of β-amino-alcohol motifs (C(OH)–C–C–N with tert-alkyl or cyclic N) is 2. The van der Waals surface area contributed by atoms with Crippen molar-refractivity contribution in [1.29, 1.82) is 0 Å². The monoisotopic (exact) mass is 531 g/mol. The lowest BCUT2D eigenvalue weighted by Crippen LogP contribution is -2.51. The lowest BCUT2D eigenvalue weighted by atomic mass is 10.1. The molecule has 3 aliphatic rings. The number of hydrogen-bond acceptors (Lipinski definition) is 9. The van der Waals surface area contributed by atoms with Gasteiger partial charge in [0.25, 0.3) is 0 Å². The van der Waals surface area contributed by atoms with E-state index >= 15 is 0 Å². The summed E-state index contributed by atoms with van der Waals surface area (Å²) in [5, 5.41) is 28.1. The number of carboxylic acid groups (broad SMARTS) is 1. The number of carbonyl (C=O) groups excluding carboxylic acids is 3. The lowest BCUT2D eigenvalue weighted by Gasteiger charge is -2.33. The average molecular weight is 532 g/mol. The van der Waals surface area contributed by atoms with Gasteiger partial charge in [-0.25, -0.2) is 14.4 Å². The van der Waals surface area contributed by atoms with Crippen molar-refractivity contribution in [2.24, 2.45) is 0 Å². The third kappa shape index (κ3) is 9.31. The van der Waals surface area contributed by atoms with Gasteiger partial charge in [0.15, 0.2) is 0 Å². The number of aliphatic hydroxyl groups is 2. The zero-order valence-corrected chi connectivity index (χ0v) is 22.5. The molecule has 0 aromatic carbocycles. The maximum atomic E-state index is 12.5. The van der Waals surface area contributed by atoms with E-state index in [9.17, 15) is 29.4 Å². The number of nitrogens with zero attached hydrogens (tertiary/aromatic N) is 3. The minimum atomic E-state index is -1.12. The number of aliphatic carboxylic acids is 1. The van der Waals surface area contributed by atoms with E-state index in [0.29, 0.717) is 26.3 Å². The Morgan fingerprint density at radius 3 is 1.57 bits per heavy atom. The summed E-state index contributed by atoms with van der Waals surface area (Å²) in [7, 11) is 0. The molecule has 0 bridgehead atoms. The molecule has 0 unspecified atom stereocenters. The number of amides is 3. The van der Waals surface area contributed by atoms with Crippen LogP contribution < -0.4 is 0 Å². The first-order valence-corrected chi connectivity index (χ1v) is 12.4. The quantitative estimate of drug-likeness (QED) is 0.460. The minimum absolute atomic E-state index is 0.00583. The molecule has 0 radical (unpaired) electrons. The summed E-state index contributed by atoms with van der Waals surface area (Å²) in [6, 6.07) is -1.64. The van der Waals surface area contributed by atoms with Gasteiger partial charge in [-0.05, 0) is 41.5 Å². The summed E-state index contributed by atoms with van der Waals surface area (Å²) >= 11 is 0. The average Bonchev–Trinajstić information content (AvgIpc) is 3.35. The fraction of sp³-hybridized carbons (Fsp3) is 0.833. The molecule has 0 saturated carbocycles. The first kappa shape index (κ1) is 30.6. The maximum Gasteiger partial charge on any atom is 0.411 e. The number of aliphatic hydroxyl groups excluding tert-OH is 2. The van der Waals surface area contributed by atoms with Gasteiger partial charge in [-0.3, -0.25) is 14.6 Å². The van der Waals surface area contributed by atoms with E-state index < -0.39 is 53.6 Å². The summed E-state index contributed by atoms with van der Waals surface area (Å²) in [5.74, 6) is -1.26. The van der Waals surface area contributed by atoms with Gasteiger partial charge in [0.2, 0.25) is 5.91 Å². The number of rotatable bonds is 2. The van der Waals surface area contributed by atoms with Gasteiger partial charge < -0.3 is 34.4 Å². The highest BCUT2D eigenvalue weighted by atomic mass is 16.6. The molecule has 0 aromatic heterocycles. The van der Waals surface area contributed by atoms with Crippen LogP contribution in [0.2, 0.25) is 0 Å². The van der Waals surface area contributed by atoms with Crippen molar-refractivity contribution in [3.63, 3.8) is 0 Å². The van der Waals surface area contributed by atoms with Crippen LogP contribution >= 0.6 is 0 Å². The Hall–Kier alpha value is -2.64. The van der Waals surface area contributed by atoms with Gasteiger partial charge in [-0.15, -0.1) is 0 Å². The number of ether oxygens (including phenoxy) is 3. The Bertz CT molecular complexity index is 832. The minimum Gasteiger partial charge on any atom is -0.480 e. The highest BCUT2D eigenvalue weighted by Gasteiger charge is 2.43. The molecule has 3 saturated heterocycles. The second-order valence-electron chi connectivity index (χ2n) is 11.4. The van der Waals surface area contributed by atoms with Crippen LogP contribution in [-0.4, -0.2) is 129 Å². The third-order valence-corrected chi connectivity index (χ3v) is 5.71. The summed E-state index contributed by atoms with van der Waals surface area (Å²) < 4.78 is 15.6. The largest absolute Gasteiger partial charge is 0.480 e. The Balaban J connectivity index is 0.000000271. The highest BCUT2D eigenvalue weighted by molar-refractivity contribution is 5.86. The summed E-state index contributed by atoms with van der Waals surface area (Å²) in [6.45, 7) is 12.6. The van der Waals surface area contributed by atoms with Crippen molar-refractivity contribution in [2.75, 3.05) is 39.4 Å². The normalized spacial score (nSPS) is 26.3. The molecule has 3 fully saturated rings. The smallest absolute Gasteiger partial charge is 0.411 e. The zero-order chi connectivity index (χ0) is 28.1. The van der Waals surface area contributed by atoms with Crippen LogP contribution in [0.4, 0.5) is 9.59 Å². The van der Waals surface area contributed by atoms with Crippen molar-refractivity contribution >= 4 is 24.1 Å². The van der Waals surface area contributed by atoms with Crippen LogP contribution in [0.25, 0.3) is 0 Å². The van der Waals surface area contributed by atoms with E-state index in [1.165, 1.54) is 4.90 Å². The predicted molar refractivity (Wildman–Crippen MR) is 130 cm³/mol. The topological polar surface area (TPSA) is 166 Å². The van der Waals surface area contributed by atoms with Crippen LogP contribution in [0.5, 0.6) is 0 Å². The summed E-state index contributed by atoms with van der Waals surface area (Å²) in [5.41, 5.74) is -1.30.